The van der Waals surface area contributed by atoms with Gasteiger partial charge < -0.3 is 10.1 Å². The molecule has 1 aromatic carbocycles. The van der Waals surface area contributed by atoms with Crippen molar-refractivity contribution < 1.29 is 9.13 Å². The van der Waals surface area contributed by atoms with Gasteiger partial charge in [0.25, 0.3) is 0 Å². The van der Waals surface area contributed by atoms with Crippen molar-refractivity contribution in [2.24, 2.45) is 0 Å². The lowest BCUT2D eigenvalue weighted by Gasteiger charge is -2.06. The number of halogens is 2. The monoisotopic (exact) mass is 371 g/mol. The van der Waals surface area contributed by atoms with E-state index in [2.05, 4.69) is 41.2 Å². The van der Waals surface area contributed by atoms with Gasteiger partial charge in [0.15, 0.2) is 0 Å². The second-order valence-electron chi connectivity index (χ2n) is 4.84. The van der Waals surface area contributed by atoms with Crippen LogP contribution >= 0.6 is 27.3 Å². The Hall–Kier alpha value is -0.910. The Morgan fingerprint density at radius 3 is 2.86 bits per heavy atom. The van der Waals surface area contributed by atoms with E-state index in [9.17, 15) is 4.39 Å². The van der Waals surface area contributed by atoms with Gasteiger partial charge >= 0.3 is 0 Å². The molecule has 2 rings (SSSR count). The zero-order chi connectivity index (χ0) is 15.2. The predicted molar refractivity (Wildman–Crippen MR) is 89.5 cm³/mol. The molecule has 1 heterocycles. The molecular weight excluding hydrogens is 353 g/mol. The molecule has 0 aliphatic rings. The lowest BCUT2D eigenvalue weighted by Crippen LogP contribution is -2.12. The van der Waals surface area contributed by atoms with E-state index >= 15 is 0 Å². The molecule has 0 spiro atoms. The summed E-state index contributed by atoms with van der Waals surface area (Å²) in [6.45, 7) is 6.71. The van der Waals surface area contributed by atoms with Crippen LogP contribution in [-0.2, 0) is 13.2 Å². The van der Waals surface area contributed by atoms with Crippen LogP contribution in [-0.4, -0.2) is 6.54 Å². The molecule has 0 unspecified atom stereocenters. The number of hydrogen-bond acceptors (Lipinski definition) is 3. The van der Waals surface area contributed by atoms with E-state index in [1.807, 2.05) is 0 Å². The van der Waals surface area contributed by atoms with Crippen molar-refractivity contribution in [1.29, 1.82) is 0 Å². The Morgan fingerprint density at radius 1 is 1.33 bits per heavy atom. The molecule has 0 radical (unpaired) electrons. The van der Waals surface area contributed by atoms with Gasteiger partial charge in [0.1, 0.15) is 18.2 Å². The predicted octanol–water partition coefficient (Wildman–Crippen LogP) is 5.04. The van der Waals surface area contributed by atoms with Crippen molar-refractivity contribution >= 4 is 27.3 Å². The molecule has 0 saturated heterocycles. The molecule has 0 bridgehead atoms. The molecule has 114 valence electrons. The highest BCUT2D eigenvalue weighted by Crippen LogP contribution is 2.25. The summed E-state index contributed by atoms with van der Waals surface area (Å²) in [5.41, 5.74) is 1.19. The van der Waals surface area contributed by atoms with Crippen LogP contribution in [0.2, 0.25) is 0 Å². The zero-order valence-electron chi connectivity index (χ0n) is 12.2. The van der Waals surface area contributed by atoms with E-state index in [1.54, 1.807) is 23.5 Å². The molecular formula is C16H19BrFNOS. The summed E-state index contributed by atoms with van der Waals surface area (Å²) in [6, 6.07) is 6.88. The SMILES string of the molecule is CCCNCc1cc(COc2ccc(F)c(Br)c2)c(C)s1. The number of nitrogens with one attached hydrogen (secondary N) is 1. The minimum atomic E-state index is -0.279. The maximum absolute atomic E-state index is 13.2. The number of rotatable bonds is 7. The first-order valence-corrected chi connectivity index (χ1v) is 8.58. The summed E-state index contributed by atoms with van der Waals surface area (Å²) in [6.07, 6.45) is 1.14. The first-order chi connectivity index (χ1) is 10.1. The lowest BCUT2D eigenvalue weighted by atomic mass is 10.2. The lowest BCUT2D eigenvalue weighted by molar-refractivity contribution is 0.305. The van der Waals surface area contributed by atoms with Crippen LogP contribution in [0.4, 0.5) is 4.39 Å². The molecule has 2 aromatic rings. The van der Waals surface area contributed by atoms with E-state index in [0.29, 0.717) is 16.8 Å². The van der Waals surface area contributed by atoms with Gasteiger partial charge in [-0.05, 0) is 60.1 Å². The maximum Gasteiger partial charge on any atom is 0.137 e. The van der Waals surface area contributed by atoms with Gasteiger partial charge in [-0.1, -0.05) is 6.92 Å². The molecule has 0 fully saturated rings. The number of benzene rings is 1. The van der Waals surface area contributed by atoms with Crippen LogP contribution in [0.5, 0.6) is 5.75 Å². The summed E-state index contributed by atoms with van der Waals surface area (Å²) in [5, 5.41) is 3.40. The van der Waals surface area contributed by atoms with Gasteiger partial charge in [0.2, 0.25) is 0 Å². The molecule has 2 nitrogen and oxygen atoms in total. The van der Waals surface area contributed by atoms with E-state index < -0.39 is 0 Å². The van der Waals surface area contributed by atoms with Crippen LogP contribution in [0.1, 0.15) is 28.7 Å². The number of hydrogen-bond donors (Lipinski definition) is 1. The van der Waals surface area contributed by atoms with Gasteiger partial charge in [-0.2, -0.15) is 0 Å². The average Bonchev–Trinajstić information content (AvgIpc) is 2.81. The van der Waals surface area contributed by atoms with E-state index in [0.717, 1.165) is 19.5 Å². The second kappa shape index (κ2) is 7.92. The Labute approximate surface area is 137 Å². The van der Waals surface area contributed by atoms with Crippen LogP contribution in [0, 0.1) is 12.7 Å². The van der Waals surface area contributed by atoms with Gasteiger partial charge in [0.05, 0.1) is 4.47 Å². The zero-order valence-corrected chi connectivity index (χ0v) is 14.6. The van der Waals surface area contributed by atoms with Crippen molar-refractivity contribution in [3.63, 3.8) is 0 Å². The highest BCUT2D eigenvalue weighted by molar-refractivity contribution is 9.10. The summed E-state index contributed by atoms with van der Waals surface area (Å²) < 4.78 is 19.3. The standard InChI is InChI=1S/C16H19BrFNOS/c1-3-6-19-9-14-7-12(11(2)21-14)10-20-13-4-5-16(18)15(17)8-13/h4-5,7-8,19H,3,6,9-10H2,1-2H3. The maximum atomic E-state index is 13.2. The Morgan fingerprint density at radius 2 is 2.14 bits per heavy atom. The summed E-state index contributed by atoms with van der Waals surface area (Å²) in [7, 11) is 0. The third-order valence-electron chi connectivity index (χ3n) is 3.08. The van der Waals surface area contributed by atoms with Crippen LogP contribution in [0.15, 0.2) is 28.7 Å². The third-order valence-corrected chi connectivity index (χ3v) is 4.78. The highest BCUT2D eigenvalue weighted by atomic mass is 79.9. The van der Waals surface area contributed by atoms with Crippen LogP contribution in [0.25, 0.3) is 0 Å². The van der Waals surface area contributed by atoms with Crippen molar-refractivity contribution in [3.8, 4) is 5.75 Å². The smallest absolute Gasteiger partial charge is 0.137 e. The van der Waals surface area contributed by atoms with Crippen molar-refractivity contribution in [2.75, 3.05) is 6.54 Å². The van der Waals surface area contributed by atoms with Gasteiger partial charge in [-0.15, -0.1) is 11.3 Å². The molecule has 0 amide bonds. The largest absolute Gasteiger partial charge is 0.489 e. The Balaban J connectivity index is 1.94. The minimum absolute atomic E-state index is 0.279. The molecule has 0 aliphatic heterocycles. The van der Waals surface area contributed by atoms with Crippen LogP contribution in [0.3, 0.4) is 0 Å². The summed E-state index contributed by atoms with van der Waals surface area (Å²) in [4.78, 5) is 2.59. The Kier molecular flexibility index (Phi) is 6.21. The Bertz CT molecular complexity index is 600. The quantitative estimate of drug-likeness (QED) is 0.688. The van der Waals surface area contributed by atoms with Crippen molar-refractivity contribution in [3.05, 3.63) is 49.9 Å². The van der Waals surface area contributed by atoms with E-state index in [4.69, 9.17) is 4.74 Å². The fourth-order valence-electron chi connectivity index (χ4n) is 1.93. The number of thiophene rings is 1. The highest BCUT2D eigenvalue weighted by Gasteiger charge is 2.07. The number of aryl methyl sites for hydroxylation is 1. The molecule has 5 heteroatoms. The van der Waals surface area contributed by atoms with Crippen molar-refractivity contribution in [1.82, 2.24) is 5.32 Å². The first-order valence-electron chi connectivity index (χ1n) is 6.97. The second-order valence-corrected chi connectivity index (χ2v) is 7.03. The molecule has 1 aromatic heterocycles. The van der Waals surface area contributed by atoms with Crippen LogP contribution < -0.4 is 10.1 Å². The van der Waals surface area contributed by atoms with E-state index in [-0.39, 0.29) is 5.82 Å². The summed E-state index contributed by atoms with van der Waals surface area (Å²) in [5.74, 6) is 0.387. The van der Waals surface area contributed by atoms with Gasteiger partial charge in [0, 0.05) is 21.9 Å². The molecule has 1 N–H and O–H groups in total. The van der Waals surface area contributed by atoms with Gasteiger partial charge in [-0.3, -0.25) is 0 Å². The molecule has 0 atom stereocenters. The normalized spacial score (nSPS) is 10.9. The number of ether oxygens (including phenoxy) is 1. The summed E-state index contributed by atoms with van der Waals surface area (Å²) >= 11 is 4.96. The topological polar surface area (TPSA) is 21.3 Å². The molecule has 21 heavy (non-hydrogen) atoms. The molecule has 0 saturated carbocycles. The minimum Gasteiger partial charge on any atom is -0.489 e. The first kappa shape index (κ1) is 16.5. The van der Waals surface area contributed by atoms with E-state index in [1.165, 1.54) is 21.4 Å². The molecule has 0 aliphatic carbocycles. The fraction of sp³-hybridized carbons (Fsp3) is 0.375. The average molecular weight is 372 g/mol. The fourth-order valence-corrected chi connectivity index (χ4v) is 3.31. The van der Waals surface area contributed by atoms with Gasteiger partial charge in [-0.25, -0.2) is 4.39 Å². The van der Waals surface area contributed by atoms with Crippen molar-refractivity contribution in [2.45, 2.75) is 33.4 Å². The third kappa shape index (κ3) is 4.80.